The molecule has 4 rings (SSSR count). The van der Waals surface area contributed by atoms with Crippen molar-refractivity contribution in [3.05, 3.63) is 35.5 Å². The highest BCUT2D eigenvalue weighted by molar-refractivity contribution is 5.38. The molecular weight excluding hydrogens is 358 g/mol. The van der Waals surface area contributed by atoms with Gasteiger partial charge in [0.1, 0.15) is 0 Å². The average molecular weight is 400 g/mol. The Morgan fingerprint density at radius 3 is 2.69 bits per heavy atom. The molecule has 1 aliphatic heterocycles. The normalized spacial score (nSPS) is 42.6. The number of aliphatic hydroxyl groups excluding tert-OH is 2. The number of fused-ring (bicyclic) bond motifs is 1. The van der Waals surface area contributed by atoms with Gasteiger partial charge in [-0.2, -0.15) is 0 Å². The van der Waals surface area contributed by atoms with E-state index in [1.54, 1.807) is 5.57 Å². The molecule has 1 heterocycles. The van der Waals surface area contributed by atoms with Crippen molar-refractivity contribution in [3.63, 3.8) is 0 Å². The standard InChI is InChI=1S/C26H41NO2/c1-18(17-27-13-4-5-14-27)23-10-11-24-20(7-6-12-26(23,24)3)8-9-21-15-22(28)16-25(29)19(21)2/h8-9,18,22-25,28-29H,2,4-7,10-17H2,1,3H3/b20-8+,21-9-/t18?,22-,23-,24+,25+,26-/m1/s1. The number of rotatable bonds is 4. The van der Waals surface area contributed by atoms with Gasteiger partial charge in [-0.15, -0.1) is 0 Å². The van der Waals surface area contributed by atoms with Gasteiger partial charge in [-0.25, -0.2) is 0 Å². The Kier molecular flexibility index (Phi) is 6.39. The lowest BCUT2D eigenvalue weighted by Gasteiger charge is -2.45. The first-order valence-electron chi connectivity index (χ1n) is 12.1. The summed E-state index contributed by atoms with van der Waals surface area (Å²) in [4.78, 5) is 2.69. The summed E-state index contributed by atoms with van der Waals surface area (Å²) < 4.78 is 0. The summed E-state index contributed by atoms with van der Waals surface area (Å²) in [5.41, 5.74) is 3.87. The molecule has 3 saturated carbocycles. The van der Waals surface area contributed by atoms with Crippen LogP contribution in [0.4, 0.5) is 0 Å². The van der Waals surface area contributed by atoms with Gasteiger partial charge in [-0.1, -0.05) is 38.2 Å². The second-order valence-electron chi connectivity index (χ2n) is 10.6. The summed E-state index contributed by atoms with van der Waals surface area (Å²) >= 11 is 0. The summed E-state index contributed by atoms with van der Waals surface area (Å²) in [6, 6.07) is 0. The third-order valence-electron chi connectivity index (χ3n) is 8.73. The molecule has 0 aromatic rings. The first-order valence-corrected chi connectivity index (χ1v) is 12.1. The predicted molar refractivity (Wildman–Crippen MR) is 120 cm³/mol. The van der Waals surface area contributed by atoms with Crippen molar-refractivity contribution in [2.24, 2.45) is 23.2 Å². The van der Waals surface area contributed by atoms with Crippen molar-refractivity contribution < 1.29 is 10.2 Å². The number of likely N-dealkylation sites (tertiary alicyclic amines) is 1. The van der Waals surface area contributed by atoms with E-state index in [9.17, 15) is 10.2 Å². The zero-order valence-corrected chi connectivity index (χ0v) is 18.6. The minimum Gasteiger partial charge on any atom is -0.393 e. The van der Waals surface area contributed by atoms with Gasteiger partial charge in [0.15, 0.2) is 0 Å². The Bertz CT molecular complexity index is 674. The molecule has 1 unspecified atom stereocenters. The highest BCUT2D eigenvalue weighted by Crippen LogP contribution is 2.59. The third-order valence-corrected chi connectivity index (χ3v) is 8.73. The van der Waals surface area contributed by atoms with E-state index in [1.165, 1.54) is 64.6 Å². The summed E-state index contributed by atoms with van der Waals surface area (Å²) in [7, 11) is 0. The van der Waals surface area contributed by atoms with Crippen LogP contribution in [-0.2, 0) is 0 Å². The molecule has 3 nitrogen and oxygen atoms in total. The lowest BCUT2D eigenvalue weighted by atomic mass is 9.61. The lowest BCUT2D eigenvalue weighted by Crippen LogP contribution is -2.39. The van der Waals surface area contributed by atoms with E-state index in [2.05, 4.69) is 37.5 Å². The maximum atomic E-state index is 10.1. The third kappa shape index (κ3) is 4.29. The molecule has 0 aromatic carbocycles. The molecule has 3 heteroatoms. The molecule has 3 aliphatic carbocycles. The van der Waals surface area contributed by atoms with Crippen LogP contribution in [0.3, 0.4) is 0 Å². The van der Waals surface area contributed by atoms with Gasteiger partial charge in [0.2, 0.25) is 0 Å². The van der Waals surface area contributed by atoms with E-state index in [1.807, 2.05) is 0 Å². The Balaban J connectivity index is 1.49. The summed E-state index contributed by atoms with van der Waals surface area (Å²) in [6.07, 6.45) is 13.8. The zero-order chi connectivity index (χ0) is 20.6. The molecule has 6 atom stereocenters. The molecule has 0 radical (unpaired) electrons. The van der Waals surface area contributed by atoms with Gasteiger partial charge >= 0.3 is 0 Å². The second-order valence-corrected chi connectivity index (χ2v) is 10.6. The van der Waals surface area contributed by atoms with Gasteiger partial charge in [0.25, 0.3) is 0 Å². The van der Waals surface area contributed by atoms with Crippen molar-refractivity contribution in [3.8, 4) is 0 Å². The van der Waals surface area contributed by atoms with Gasteiger partial charge in [-0.05, 0) is 98.8 Å². The number of nitrogens with zero attached hydrogens (tertiary/aromatic N) is 1. The fourth-order valence-corrected chi connectivity index (χ4v) is 7.18. The fraction of sp³-hybridized carbons (Fsp3) is 0.769. The Labute approximate surface area is 177 Å². The van der Waals surface area contributed by atoms with E-state index in [-0.39, 0.29) is 0 Å². The van der Waals surface area contributed by atoms with Crippen molar-refractivity contribution in [2.45, 2.75) is 83.8 Å². The van der Waals surface area contributed by atoms with Crippen molar-refractivity contribution in [2.75, 3.05) is 19.6 Å². The molecule has 162 valence electrons. The molecule has 4 fully saturated rings. The van der Waals surface area contributed by atoms with E-state index in [0.717, 1.165) is 23.0 Å². The van der Waals surface area contributed by atoms with Crippen LogP contribution in [0.1, 0.15) is 71.6 Å². The largest absolute Gasteiger partial charge is 0.393 e. The molecule has 0 amide bonds. The molecule has 2 N–H and O–H groups in total. The highest BCUT2D eigenvalue weighted by Gasteiger charge is 2.50. The van der Waals surface area contributed by atoms with Gasteiger partial charge in [-0.3, -0.25) is 0 Å². The van der Waals surface area contributed by atoms with Gasteiger partial charge in [0, 0.05) is 13.0 Å². The Morgan fingerprint density at radius 1 is 1.17 bits per heavy atom. The minimum atomic E-state index is -0.595. The van der Waals surface area contributed by atoms with Crippen molar-refractivity contribution >= 4 is 0 Å². The summed E-state index contributed by atoms with van der Waals surface area (Å²) in [5, 5.41) is 20.2. The first kappa shape index (κ1) is 21.3. The number of allylic oxidation sites excluding steroid dienone is 3. The van der Waals surface area contributed by atoms with Crippen LogP contribution < -0.4 is 0 Å². The molecular formula is C26H41NO2. The van der Waals surface area contributed by atoms with E-state index >= 15 is 0 Å². The Morgan fingerprint density at radius 2 is 1.93 bits per heavy atom. The first-order chi connectivity index (χ1) is 13.9. The van der Waals surface area contributed by atoms with Crippen LogP contribution in [0.2, 0.25) is 0 Å². The monoisotopic (exact) mass is 399 g/mol. The SMILES string of the molecule is C=C1/C(=C\C=C2/CCC[C@]3(C)[C@@H](C(C)CN4CCCC4)CC[C@@H]23)C[C@@H](O)C[C@@H]1O. The average Bonchev–Trinajstić information content (AvgIpc) is 3.30. The maximum Gasteiger partial charge on any atom is 0.0811 e. The quantitative estimate of drug-likeness (QED) is 0.709. The highest BCUT2D eigenvalue weighted by atomic mass is 16.3. The fourth-order valence-electron chi connectivity index (χ4n) is 7.18. The topological polar surface area (TPSA) is 43.7 Å². The Hall–Kier alpha value is -0.900. The summed E-state index contributed by atoms with van der Waals surface area (Å²) in [6.45, 7) is 13.0. The zero-order valence-electron chi connectivity index (χ0n) is 18.6. The molecule has 4 aliphatic rings. The van der Waals surface area contributed by atoms with Crippen LogP contribution in [0, 0.1) is 23.2 Å². The van der Waals surface area contributed by atoms with Gasteiger partial charge < -0.3 is 15.1 Å². The van der Waals surface area contributed by atoms with Gasteiger partial charge in [0.05, 0.1) is 12.2 Å². The lowest BCUT2D eigenvalue weighted by molar-refractivity contribution is 0.0821. The molecule has 0 spiro atoms. The molecule has 29 heavy (non-hydrogen) atoms. The smallest absolute Gasteiger partial charge is 0.0811 e. The van der Waals surface area contributed by atoms with Crippen LogP contribution in [-0.4, -0.2) is 47.0 Å². The van der Waals surface area contributed by atoms with E-state index < -0.39 is 12.2 Å². The van der Waals surface area contributed by atoms with Crippen LogP contribution in [0.15, 0.2) is 35.5 Å². The van der Waals surface area contributed by atoms with Crippen LogP contribution in [0.25, 0.3) is 0 Å². The van der Waals surface area contributed by atoms with Crippen LogP contribution >= 0.6 is 0 Å². The molecule has 1 saturated heterocycles. The number of hydrogen-bond donors (Lipinski definition) is 2. The second kappa shape index (κ2) is 8.69. The van der Waals surface area contributed by atoms with E-state index in [0.29, 0.717) is 24.2 Å². The van der Waals surface area contributed by atoms with Crippen molar-refractivity contribution in [1.29, 1.82) is 0 Å². The predicted octanol–water partition coefficient (Wildman–Crippen LogP) is 4.86. The molecule has 0 bridgehead atoms. The number of hydrogen-bond acceptors (Lipinski definition) is 3. The maximum absolute atomic E-state index is 10.1. The number of aliphatic hydroxyl groups is 2. The van der Waals surface area contributed by atoms with Crippen molar-refractivity contribution in [1.82, 2.24) is 4.90 Å². The van der Waals surface area contributed by atoms with Crippen LogP contribution in [0.5, 0.6) is 0 Å². The summed E-state index contributed by atoms with van der Waals surface area (Å²) in [5.74, 6) is 2.31. The minimum absolute atomic E-state index is 0.421. The molecule has 0 aromatic heterocycles. The van der Waals surface area contributed by atoms with E-state index in [4.69, 9.17) is 0 Å².